The lowest BCUT2D eigenvalue weighted by Gasteiger charge is -2.20. The first-order valence-electron chi connectivity index (χ1n) is 20.3. The maximum Gasteiger partial charge on any atom is 0.472 e. The van der Waals surface area contributed by atoms with Crippen molar-refractivity contribution in [2.75, 3.05) is 26.4 Å². The number of aliphatic carboxylic acids is 1. The summed E-state index contributed by atoms with van der Waals surface area (Å²) >= 11 is 0. The zero-order chi connectivity index (χ0) is 39.1. The summed E-state index contributed by atoms with van der Waals surface area (Å²) in [7, 11) is -4.63. The van der Waals surface area contributed by atoms with E-state index in [9.17, 15) is 19.0 Å². The van der Waals surface area contributed by atoms with Gasteiger partial charge in [-0.05, 0) is 77.0 Å². The molecule has 0 radical (unpaired) electrons. The van der Waals surface area contributed by atoms with Gasteiger partial charge in [0.05, 0.1) is 19.8 Å². The van der Waals surface area contributed by atoms with Crippen LogP contribution >= 0.6 is 7.82 Å². The minimum Gasteiger partial charge on any atom is -0.480 e. The van der Waals surface area contributed by atoms with Gasteiger partial charge in [-0.3, -0.25) is 18.6 Å². The molecule has 0 bridgehead atoms. The second-order valence-electron chi connectivity index (χ2n) is 13.4. The molecule has 0 aliphatic rings. The van der Waals surface area contributed by atoms with Gasteiger partial charge < -0.3 is 25.2 Å². The lowest BCUT2D eigenvalue weighted by molar-refractivity contribution is -0.154. The van der Waals surface area contributed by atoms with E-state index >= 15 is 0 Å². The average Bonchev–Trinajstić information content (AvgIpc) is 3.13. The maximum atomic E-state index is 12.6. The van der Waals surface area contributed by atoms with Crippen LogP contribution in [-0.2, 0) is 32.7 Å². The monoisotopic (exact) mass is 768 g/mol. The fraction of sp³-hybridized carbons (Fsp3) is 0.714. The minimum atomic E-state index is -4.63. The average molecular weight is 768 g/mol. The fourth-order valence-corrected chi connectivity index (χ4v) is 5.90. The number of esters is 1. The third kappa shape index (κ3) is 37.8. The number of ether oxygens (including phenoxy) is 2. The molecule has 0 heterocycles. The molecule has 0 aliphatic carbocycles. The van der Waals surface area contributed by atoms with Crippen molar-refractivity contribution in [1.29, 1.82) is 0 Å². The molecule has 53 heavy (non-hydrogen) atoms. The van der Waals surface area contributed by atoms with Crippen LogP contribution in [0.15, 0.2) is 60.8 Å². The lowest BCUT2D eigenvalue weighted by Crippen LogP contribution is -2.34. The molecule has 0 saturated heterocycles. The highest BCUT2D eigenvalue weighted by molar-refractivity contribution is 7.47. The largest absolute Gasteiger partial charge is 0.480 e. The molecule has 0 aromatic rings. The SMILES string of the molecule is CC/C=C\C/C=C\C/C=C\C/C=C\CCCCCOCC(COP(=O)(O)OCC(N)C(=O)O)OC(=O)CCCCCCC/C=C\CCCCCCCC. The van der Waals surface area contributed by atoms with E-state index in [4.69, 9.17) is 29.4 Å². The molecule has 0 fully saturated rings. The molecule has 0 saturated carbocycles. The van der Waals surface area contributed by atoms with Crippen molar-refractivity contribution in [3.63, 3.8) is 0 Å². The summed E-state index contributed by atoms with van der Waals surface area (Å²) in [6.07, 6.45) is 44.2. The van der Waals surface area contributed by atoms with Crippen LogP contribution in [0.2, 0.25) is 0 Å². The molecular weight excluding hydrogens is 693 g/mol. The van der Waals surface area contributed by atoms with Gasteiger partial charge in [0.1, 0.15) is 12.1 Å². The smallest absolute Gasteiger partial charge is 0.472 e. The topological polar surface area (TPSA) is 155 Å². The Bertz CT molecular complexity index is 1070. The first-order chi connectivity index (χ1) is 25.7. The van der Waals surface area contributed by atoms with Gasteiger partial charge in [0.15, 0.2) is 0 Å². The highest BCUT2D eigenvalue weighted by atomic mass is 31.2. The number of unbranched alkanes of at least 4 members (excludes halogenated alkanes) is 14. The van der Waals surface area contributed by atoms with Crippen molar-refractivity contribution < 1.29 is 42.7 Å². The number of carbonyl (C=O) groups excluding carboxylic acids is 1. The van der Waals surface area contributed by atoms with Gasteiger partial charge >= 0.3 is 19.8 Å². The van der Waals surface area contributed by atoms with Crippen LogP contribution < -0.4 is 5.73 Å². The fourth-order valence-electron chi connectivity index (χ4n) is 5.12. The summed E-state index contributed by atoms with van der Waals surface area (Å²) in [6.45, 7) is 3.65. The predicted molar refractivity (Wildman–Crippen MR) is 217 cm³/mol. The van der Waals surface area contributed by atoms with E-state index in [0.717, 1.165) is 83.5 Å². The molecule has 306 valence electrons. The molecule has 4 N–H and O–H groups in total. The van der Waals surface area contributed by atoms with E-state index in [2.05, 4.69) is 74.6 Å². The van der Waals surface area contributed by atoms with Crippen LogP contribution in [0.25, 0.3) is 0 Å². The zero-order valence-corrected chi connectivity index (χ0v) is 34.0. The second kappa shape index (κ2) is 38.0. The molecule has 0 aliphatic heterocycles. The van der Waals surface area contributed by atoms with Gasteiger partial charge in [-0.25, -0.2) is 4.57 Å². The Kier molecular flexibility index (Phi) is 36.3. The summed E-state index contributed by atoms with van der Waals surface area (Å²) < 4.78 is 33.2. The van der Waals surface area contributed by atoms with Crippen molar-refractivity contribution in [3.8, 4) is 0 Å². The molecule has 11 heteroatoms. The van der Waals surface area contributed by atoms with Crippen molar-refractivity contribution in [3.05, 3.63) is 60.8 Å². The van der Waals surface area contributed by atoms with Crippen molar-refractivity contribution in [1.82, 2.24) is 0 Å². The summed E-state index contributed by atoms with van der Waals surface area (Å²) in [5.74, 6) is -1.81. The lowest BCUT2D eigenvalue weighted by atomic mass is 10.1. The van der Waals surface area contributed by atoms with Crippen molar-refractivity contribution in [2.45, 2.75) is 167 Å². The first-order valence-corrected chi connectivity index (χ1v) is 21.8. The molecule has 10 nitrogen and oxygen atoms in total. The standard InChI is InChI=1S/C42H74NO9P/c1-3-5-7-9-11-13-15-17-19-21-23-25-27-29-31-33-35-49-36-39(37-50-53(47,48)51-38-40(43)42(45)46)52-41(44)34-32-30-28-26-24-22-20-18-16-14-12-10-8-6-4-2/h5,7,11,13,17-20,23,25,39-40H,3-4,6,8-10,12,14-16,21-22,24,26-38,43H2,1-2H3,(H,45,46)(H,47,48)/b7-5-,13-11-,19-17-,20-18-,25-23-. The highest BCUT2D eigenvalue weighted by Gasteiger charge is 2.27. The zero-order valence-electron chi connectivity index (χ0n) is 33.1. The maximum absolute atomic E-state index is 12.6. The number of nitrogens with two attached hydrogens (primary N) is 1. The Labute approximate surface area is 322 Å². The van der Waals surface area contributed by atoms with Gasteiger partial charge in [-0.2, -0.15) is 0 Å². The third-order valence-electron chi connectivity index (χ3n) is 8.28. The minimum absolute atomic E-state index is 0.0103. The number of hydrogen-bond donors (Lipinski definition) is 3. The Morgan fingerprint density at radius 3 is 1.66 bits per heavy atom. The van der Waals surface area contributed by atoms with Crippen LogP contribution in [0.3, 0.4) is 0 Å². The molecule has 3 atom stereocenters. The van der Waals surface area contributed by atoms with Gasteiger partial charge in [0.2, 0.25) is 0 Å². The second-order valence-corrected chi connectivity index (χ2v) is 14.8. The molecule has 0 rings (SSSR count). The number of allylic oxidation sites excluding steroid dienone is 10. The number of carboxylic acid groups (broad SMARTS) is 1. The molecule has 3 unspecified atom stereocenters. The van der Waals surface area contributed by atoms with E-state index < -0.39 is 45.1 Å². The van der Waals surface area contributed by atoms with Crippen LogP contribution in [0.4, 0.5) is 0 Å². The first kappa shape index (κ1) is 50.7. The normalized spacial score (nSPS) is 14.6. The van der Waals surface area contributed by atoms with Gasteiger partial charge in [-0.15, -0.1) is 0 Å². The third-order valence-corrected chi connectivity index (χ3v) is 9.23. The van der Waals surface area contributed by atoms with Crippen molar-refractivity contribution in [2.24, 2.45) is 5.73 Å². The number of carboxylic acids is 1. The van der Waals surface area contributed by atoms with Crippen LogP contribution in [0.5, 0.6) is 0 Å². The van der Waals surface area contributed by atoms with Crippen molar-refractivity contribution >= 4 is 19.8 Å². The number of phosphoric acid groups is 1. The number of phosphoric ester groups is 1. The Hall–Kier alpha value is -2.33. The van der Waals surface area contributed by atoms with Crippen LogP contribution in [-0.4, -0.2) is 60.5 Å². The number of hydrogen-bond acceptors (Lipinski definition) is 8. The van der Waals surface area contributed by atoms with E-state index in [1.165, 1.54) is 44.9 Å². The van der Waals surface area contributed by atoms with Gasteiger partial charge in [-0.1, -0.05) is 132 Å². The van der Waals surface area contributed by atoms with E-state index in [1.54, 1.807) is 0 Å². The predicted octanol–water partition coefficient (Wildman–Crippen LogP) is 10.9. The Balaban J connectivity index is 4.36. The molecule has 0 amide bonds. The number of carbonyl (C=O) groups is 2. The molecule has 0 spiro atoms. The highest BCUT2D eigenvalue weighted by Crippen LogP contribution is 2.43. The van der Waals surface area contributed by atoms with Crippen LogP contribution in [0.1, 0.15) is 155 Å². The van der Waals surface area contributed by atoms with E-state index in [0.29, 0.717) is 13.0 Å². The summed E-state index contributed by atoms with van der Waals surface area (Å²) in [5, 5.41) is 8.88. The quantitative estimate of drug-likeness (QED) is 0.0239. The number of rotatable bonds is 38. The molecule has 0 aromatic heterocycles. The van der Waals surface area contributed by atoms with Crippen LogP contribution in [0, 0.1) is 0 Å². The summed E-state index contributed by atoms with van der Waals surface area (Å²) in [5.41, 5.74) is 5.34. The van der Waals surface area contributed by atoms with Gasteiger partial charge in [0.25, 0.3) is 0 Å². The van der Waals surface area contributed by atoms with E-state index in [1.807, 2.05) is 0 Å². The van der Waals surface area contributed by atoms with Gasteiger partial charge in [0, 0.05) is 13.0 Å². The molecule has 0 aromatic carbocycles. The Morgan fingerprint density at radius 1 is 0.623 bits per heavy atom. The van der Waals surface area contributed by atoms with E-state index in [-0.39, 0.29) is 13.0 Å². The summed E-state index contributed by atoms with van der Waals surface area (Å²) in [6, 6.07) is -1.48. The Morgan fingerprint density at radius 2 is 1.09 bits per heavy atom. The summed E-state index contributed by atoms with van der Waals surface area (Å²) in [4.78, 5) is 33.5. The molecular formula is C42H74NO9P.